The zero-order valence-electron chi connectivity index (χ0n) is 9.56. The van der Waals surface area contributed by atoms with Gasteiger partial charge in [-0.25, -0.2) is 0 Å². The first-order chi connectivity index (χ1) is 6.93. The first kappa shape index (κ1) is 16.4. The van der Waals surface area contributed by atoms with Crippen molar-refractivity contribution in [2.45, 2.75) is 13.8 Å². The third-order valence-corrected chi connectivity index (χ3v) is 1.06. The summed E-state index contributed by atoms with van der Waals surface area (Å²) in [6, 6.07) is 10.1. The third kappa shape index (κ3) is 19.4. The molecule has 1 aromatic rings. The van der Waals surface area contributed by atoms with Gasteiger partial charge < -0.3 is 5.32 Å². The fraction of sp³-hybridized carbons (Fsp3) is 0.400. The molecule has 0 radical (unpaired) electrons. The van der Waals surface area contributed by atoms with Crippen molar-refractivity contribution in [2.75, 3.05) is 18.6 Å². The van der Waals surface area contributed by atoms with Gasteiger partial charge in [-0.3, -0.25) is 4.55 Å². The van der Waals surface area contributed by atoms with E-state index in [1.165, 1.54) is 0 Å². The van der Waals surface area contributed by atoms with Gasteiger partial charge in [-0.15, -0.1) is 0 Å². The summed E-state index contributed by atoms with van der Waals surface area (Å²) in [6.45, 7) is 4.00. The monoisotopic (exact) mass is 233 g/mol. The lowest BCUT2D eigenvalue weighted by Crippen LogP contribution is -1.88. The predicted molar refractivity (Wildman–Crippen MR) is 64.8 cm³/mol. The molecule has 0 saturated heterocycles. The molecule has 88 valence electrons. The molecule has 0 spiro atoms. The van der Waals surface area contributed by atoms with Crippen LogP contribution in [0.25, 0.3) is 0 Å². The first-order valence-electron chi connectivity index (χ1n) is 4.58. The van der Waals surface area contributed by atoms with E-state index in [-0.39, 0.29) is 0 Å². The van der Waals surface area contributed by atoms with Gasteiger partial charge in [0.25, 0.3) is 10.1 Å². The molecule has 0 saturated carbocycles. The second-order valence-electron chi connectivity index (χ2n) is 2.35. The van der Waals surface area contributed by atoms with E-state index < -0.39 is 10.1 Å². The SMILES string of the molecule is CC.CNc1ccccc1.CS(=O)(=O)O. The van der Waals surface area contributed by atoms with E-state index in [1.54, 1.807) is 0 Å². The van der Waals surface area contributed by atoms with Crippen LogP contribution in [0.5, 0.6) is 0 Å². The Balaban J connectivity index is 0. The van der Waals surface area contributed by atoms with Gasteiger partial charge in [-0.2, -0.15) is 8.42 Å². The molecule has 0 amide bonds. The van der Waals surface area contributed by atoms with Gasteiger partial charge in [-0.05, 0) is 12.1 Å². The van der Waals surface area contributed by atoms with Gasteiger partial charge in [-0.1, -0.05) is 32.0 Å². The van der Waals surface area contributed by atoms with Crippen molar-refractivity contribution in [1.82, 2.24) is 0 Å². The minimum absolute atomic E-state index is 0.715. The molecule has 0 aliphatic rings. The van der Waals surface area contributed by atoms with Gasteiger partial charge in [0.05, 0.1) is 6.26 Å². The molecular weight excluding hydrogens is 214 g/mol. The Bertz CT molecular complexity index is 314. The number of benzene rings is 1. The Hall–Kier alpha value is -1.07. The van der Waals surface area contributed by atoms with Crippen molar-refractivity contribution < 1.29 is 13.0 Å². The van der Waals surface area contributed by atoms with Crippen LogP contribution in [0.2, 0.25) is 0 Å². The van der Waals surface area contributed by atoms with E-state index in [4.69, 9.17) is 4.55 Å². The number of rotatable bonds is 1. The van der Waals surface area contributed by atoms with Crippen LogP contribution in [0.4, 0.5) is 5.69 Å². The Labute approximate surface area is 92.1 Å². The smallest absolute Gasteiger partial charge is 0.261 e. The van der Waals surface area contributed by atoms with Crippen LogP contribution >= 0.6 is 0 Å². The lowest BCUT2D eigenvalue weighted by atomic mass is 10.3. The van der Waals surface area contributed by atoms with Crippen LogP contribution in [0.3, 0.4) is 0 Å². The quantitative estimate of drug-likeness (QED) is 0.730. The standard InChI is InChI=1S/C7H9N.C2H6.CH4O3S/c1-8-7-5-3-2-4-6-7;1-2;1-5(2,3)4/h2-6,8H,1H3;1-2H3;1H3,(H,2,3,4). The van der Waals surface area contributed by atoms with E-state index in [2.05, 4.69) is 5.32 Å². The summed E-state index contributed by atoms with van der Waals surface area (Å²) >= 11 is 0. The Kier molecular flexibility index (Phi) is 10.3. The zero-order chi connectivity index (χ0) is 12.3. The molecule has 15 heavy (non-hydrogen) atoms. The first-order valence-corrected chi connectivity index (χ1v) is 6.43. The Morgan fingerprint density at radius 3 is 1.67 bits per heavy atom. The largest absolute Gasteiger partial charge is 0.388 e. The van der Waals surface area contributed by atoms with Gasteiger partial charge in [0.15, 0.2) is 0 Å². The highest BCUT2D eigenvalue weighted by Crippen LogP contribution is 2.01. The second-order valence-corrected chi connectivity index (χ2v) is 3.82. The van der Waals surface area contributed by atoms with Crippen LogP contribution in [-0.2, 0) is 10.1 Å². The normalized spacial score (nSPS) is 8.87. The maximum atomic E-state index is 9.19. The van der Waals surface area contributed by atoms with Crippen LogP contribution in [0.1, 0.15) is 13.8 Å². The molecule has 0 bridgehead atoms. The van der Waals surface area contributed by atoms with Gasteiger partial charge >= 0.3 is 0 Å². The summed E-state index contributed by atoms with van der Waals surface area (Å²) in [5, 5.41) is 3.03. The molecule has 0 fully saturated rings. The molecule has 0 unspecified atom stereocenters. The number of hydrogen-bond donors (Lipinski definition) is 2. The van der Waals surface area contributed by atoms with E-state index >= 15 is 0 Å². The van der Waals surface area contributed by atoms with Crippen LogP contribution < -0.4 is 5.32 Å². The van der Waals surface area contributed by atoms with Crippen LogP contribution in [0, 0.1) is 0 Å². The van der Waals surface area contributed by atoms with Gasteiger partial charge in [0.2, 0.25) is 0 Å². The summed E-state index contributed by atoms with van der Waals surface area (Å²) in [6.07, 6.45) is 0.715. The van der Waals surface area contributed by atoms with Crippen molar-refractivity contribution in [2.24, 2.45) is 0 Å². The van der Waals surface area contributed by atoms with Crippen LogP contribution in [-0.4, -0.2) is 26.3 Å². The summed E-state index contributed by atoms with van der Waals surface area (Å²) in [4.78, 5) is 0. The number of para-hydroxylation sites is 1. The summed E-state index contributed by atoms with van der Waals surface area (Å²) in [7, 11) is -1.75. The maximum absolute atomic E-state index is 9.19. The maximum Gasteiger partial charge on any atom is 0.261 e. The molecule has 0 heterocycles. The summed E-state index contributed by atoms with van der Waals surface area (Å²) in [5.41, 5.74) is 1.16. The topological polar surface area (TPSA) is 66.4 Å². The zero-order valence-corrected chi connectivity index (χ0v) is 10.4. The number of nitrogens with one attached hydrogen (secondary N) is 1. The van der Waals surface area contributed by atoms with E-state index in [0.717, 1.165) is 5.69 Å². The van der Waals surface area contributed by atoms with E-state index in [0.29, 0.717) is 6.26 Å². The van der Waals surface area contributed by atoms with Crippen molar-refractivity contribution in [3.8, 4) is 0 Å². The highest BCUT2D eigenvalue weighted by molar-refractivity contribution is 7.85. The van der Waals surface area contributed by atoms with Gasteiger partial charge in [0.1, 0.15) is 0 Å². The lowest BCUT2D eigenvalue weighted by Gasteiger charge is -1.94. The molecule has 0 aliphatic heterocycles. The van der Waals surface area contributed by atoms with Crippen molar-refractivity contribution in [1.29, 1.82) is 0 Å². The molecule has 2 N–H and O–H groups in total. The number of anilines is 1. The summed E-state index contributed by atoms with van der Waals surface area (Å²) < 4.78 is 25.9. The highest BCUT2D eigenvalue weighted by Gasteiger charge is 1.81. The summed E-state index contributed by atoms with van der Waals surface area (Å²) in [5.74, 6) is 0. The Morgan fingerprint density at radius 1 is 1.13 bits per heavy atom. The fourth-order valence-electron chi connectivity index (χ4n) is 0.605. The lowest BCUT2D eigenvalue weighted by molar-refractivity contribution is 0.490. The Morgan fingerprint density at radius 2 is 1.47 bits per heavy atom. The van der Waals surface area contributed by atoms with Crippen molar-refractivity contribution in [3.63, 3.8) is 0 Å². The molecule has 0 atom stereocenters. The minimum Gasteiger partial charge on any atom is -0.388 e. The van der Waals surface area contributed by atoms with Gasteiger partial charge in [0, 0.05) is 12.7 Å². The van der Waals surface area contributed by atoms with E-state index in [1.807, 2.05) is 51.2 Å². The molecule has 1 aromatic carbocycles. The molecule has 5 heteroatoms. The molecule has 0 aliphatic carbocycles. The number of hydrogen-bond acceptors (Lipinski definition) is 3. The fourth-order valence-corrected chi connectivity index (χ4v) is 0.605. The second kappa shape index (κ2) is 9.48. The molecule has 4 nitrogen and oxygen atoms in total. The molecule has 1 rings (SSSR count). The molecular formula is C10H19NO3S. The third-order valence-electron chi connectivity index (χ3n) is 1.06. The van der Waals surface area contributed by atoms with Crippen molar-refractivity contribution in [3.05, 3.63) is 30.3 Å². The molecule has 0 aromatic heterocycles. The highest BCUT2D eigenvalue weighted by atomic mass is 32.2. The predicted octanol–water partition coefficient (Wildman–Crippen LogP) is 2.26. The van der Waals surface area contributed by atoms with Crippen molar-refractivity contribution >= 4 is 15.8 Å². The average molecular weight is 233 g/mol. The van der Waals surface area contributed by atoms with E-state index in [9.17, 15) is 8.42 Å². The van der Waals surface area contributed by atoms with Crippen LogP contribution in [0.15, 0.2) is 30.3 Å². The average Bonchev–Trinajstić information content (AvgIpc) is 2.20. The minimum atomic E-state index is -3.67.